The largest absolute Gasteiger partial charge is 0.419 e. The zero-order chi connectivity index (χ0) is 22.2. The van der Waals surface area contributed by atoms with E-state index < -0.39 is 0 Å². The molecular formula is C24H21Cl3N4O. The summed E-state index contributed by atoms with van der Waals surface area (Å²) in [4.78, 5) is 0. The maximum atomic E-state index is 6.54. The molecule has 0 saturated heterocycles. The van der Waals surface area contributed by atoms with Crippen LogP contribution in [0.15, 0.2) is 46.9 Å². The summed E-state index contributed by atoms with van der Waals surface area (Å²) in [5, 5.41) is 15.2. The Labute approximate surface area is 201 Å². The summed E-state index contributed by atoms with van der Waals surface area (Å²) in [6.45, 7) is 1.99. The number of halogens is 3. The Morgan fingerprint density at radius 1 is 0.969 bits per heavy atom. The molecule has 2 aromatic carbocycles. The molecule has 4 aromatic rings. The van der Waals surface area contributed by atoms with Crippen molar-refractivity contribution >= 4 is 34.8 Å². The van der Waals surface area contributed by atoms with E-state index >= 15 is 0 Å². The lowest BCUT2D eigenvalue weighted by molar-refractivity contribution is 0.437. The van der Waals surface area contributed by atoms with Crippen LogP contribution in [0.25, 0.3) is 28.5 Å². The molecule has 1 fully saturated rings. The van der Waals surface area contributed by atoms with E-state index in [0.717, 1.165) is 23.2 Å². The van der Waals surface area contributed by atoms with Gasteiger partial charge in [-0.3, -0.25) is 0 Å². The molecule has 2 aromatic heterocycles. The molecule has 164 valence electrons. The molecule has 0 amide bonds. The molecule has 0 atom stereocenters. The van der Waals surface area contributed by atoms with E-state index in [1.807, 2.05) is 37.3 Å². The molecule has 5 rings (SSSR count). The Hall–Kier alpha value is -2.34. The smallest absolute Gasteiger partial charge is 0.268 e. The third kappa shape index (κ3) is 4.17. The highest BCUT2D eigenvalue weighted by atomic mass is 35.5. The first kappa shape index (κ1) is 21.5. The predicted octanol–water partition coefficient (Wildman–Crippen LogP) is 7.59. The van der Waals surface area contributed by atoms with Crippen LogP contribution in [0.3, 0.4) is 0 Å². The second kappa shape index (κ2) is 8.89. The molecular weight excluding hydrogens is 467 g/mol. The minimum Gasteiger partial charge on any atom is -0.419 e. The third-order valence-corrected chi connectivity index (χ3v) is 6.78. The summed E-state index contributed by atoms with van der Waals surface area (Å²) >= 11 is 18.8. The number of rotatable bonds is 5. The summed E-state index contributed by atoms with van der Waals surface area (Å²) in [7, 11) is 0. The summed E-state index contributed by atoms with van der Waals surface area (Å²) < 4.78 is 7.85. The molecule has 0 unspecified atom stereocenters. The van der Waals surface area contributed by atoms with E-state index in [1.54, 1.807) is 16.8 Å². The highest BCUT2D eigenvalue weighted by molar-refractivity contribution is 6.35. The Kier molecular flexibility index (Phi) is 5.97. The van der Waals surface area contributed by atoms with Gasteiger partial charge in [0.25, 0.3) is 5.89 Å². The molecule has 1 aliphatic carbocycles. The zero-order valence-electron chi connectivity index (χ0n) is 17.5. The van der Waals surface area contributed by atoms with E-state index in [9.17, 15) is 0 Å². The highest BCUT2D eigenvalue weighted by Crippen LogP contribution is 2.36. The lowest BCUT2D eigenvalue weighted by Crippen LogP contribution is -2.00. The van der Waals surface area contributed by atoms with E-state index in [0.29, 0.717) is 44.1 Å². The van der Waals surface area contributed by atoms with Crippen LogP contribution in [0.2, 0.25) is 15.1 Å². The SMILES string of the molecule is Cc1c(-c2nnc(CC3CCCC3)o2)nn(-c2ccc(Cl)cc2Cl)c1-c1ccc(Cl)cc1. The molecule has 0 radical (unpaired) electrons. The Morgan fingerprint density at radius 2 is 1.69 bits per heavy atom. The standard InChI is InChI=1S/C24H21Cl3N4O/c1-14-22(24-29-28-21(32-24)12-15-4-2-3-5-15)30-31(20-11-10-18(26)13-19(20)27)23(14)16-6-8-17(25)9-7-16/h6-11,13,15H,2-5,12H2,1H3. The molecule has 0 aliphatic heterocycles. The van der Waals surface area contributed by atoms with Crippen molar-refractivity contribution in [3.63, 3.8) is 0 Å². The summed E-state index contributed by atoms with van der Waals surface area (Å²) in [6, 6.07) is 12.9. The third-order valence-electron chi connectivity index (χ3n) is 5.99. The first-order valence-electron chi connectivity index (χ1n) is 10.6. The van der Waals surface area contributed by atoms with E-state index in [2.05, 4.69) is 10.2 Å². The van der Waals surface area contributed by atoms with Crippen LogP contribution < -0.4 is 0 Å². The van der Waals surface area contributed by atoms with E-state index in [4.69, 9.17) is 44.3 Å². The molecule has 0 N–H and O–H groups in total. The van der Waals surface area contributed by atoms with Gasteiger partial charge in [0.1, 0.15) is 0 Å². The first-order chi connectivity index (χ1) is 15.5. The molecule has 0 bridgehead atoms. The van der Waals surface area contributed by atoms with Gasteiger partial charge in [0.15, 0.2) is 5.69 Å². The number of nitrogens with zero attached hydrogens (tertiary/aromatic N) is 4. The van der Waals surface area contributed by atoms with Gasteiger partial charge in [0, 0.05) is 27.6 Å². The fraction of sp³-hybridized carbons (Fsp3) is 0.292. The lowest BCUT2D eigenvalue weighted by atomic mass is 10.0. The zero-order valence-corrected chi connectivity index (χ0v) is 19.8. The van der Waals surface area contributed by atoms with Crippen LogP contribution in [0.4, 0.5) is 0 Å². The lowest BCUT2D eigenvalue weighted by Gasteiger charge is -2.11. The Balaban J connectivity index is 1.61. The minimum atomic E-state index is 0.412. The number of hydrogen-bond donors (Lipinski definition) is 0. The number of aromatic nitrogens is 4. The summed E-state index contributed by atoms with van der Waals surface area (Å²) in [5.41, 5.74) is 4.07. The molecule has 0 spiro atoms. The molecule has 1 aliphatic rings. The van der Waals surface area contributed by atoms with Crippen molar-refractivity contribution in [3.05, 3.63) is 69.0 Å². The van der Waals surface area contributed by atoms with Gasteiger partial charge in [-0.1, -0.05) is 59.8 Å². The van der Waals surface area contributed by atoms with Crippen molar-refractivity contribution in [2.45, 2.75) is 39.0 Å². The molecule has 1 saturated carbocycles. The average Bonchev–Trinajstić information content (AvgIpc) is 3.50. The van der Waals surface area contributed by atoms with E-state index in [-0.39, 0.29) is 0 Å². The maximum Gasteiger partial charge on any atom is 0.268 e. The van der Waals surface area contributed by atoms with Crippen LogP contribution in [-0.4, -0.2) is 20.0 Å². The first-order valence-corrected chi connectivity index (χ1v) is 11.8. The van der Waals surface area contributed by atoms with Crippen molar-refractivity contribution in [2.24, 2.45) is 5.92 Å². The topological polar surface area (TPSA) is 56.7 Å². The van der Waals surface area contributed by atoms with Gasteiger partial charge in [0.2, 0.25) is 5.89 Å². The van der Waals surface area contributed by atoms with Crippen LogP contribution in [0.5, 0.6) is 0 Å². The van der Waals surface area contributed by atoms with Gasteiger partial charge in [0.05, 0.1) is 16.4 Å². The van der Waals surface area contributed by atoms with Gasteiger partial charge in [-0.2, -0.15) is 5.10 Å². The van der Waals surface area contributed by atoms with Gasteiger partial charge < -0.3 is 4.42 Å². The maximum absolute atomic E-state index is 6.54. The monoisotopic (exact) mass is 486 g/mol. The Bertz CT molecular complexity index is 1260. The van der Waals surface area contributed by atoms with Crippen LogP contribution in [0.1, 0.15) is 37.1 Å². The summed E-state index contributed by atoms with van der Waals surface area (Å²) in [6.07, 6.45) is 5.82. The number of benzene rings is 2. The van der Waals surface area contributed by atoms with Crippen LogP contribution in [0, 0.1) is 12.8 Å². The fourth-order valence-corrected chi connectivity index (χ4v) is 4.98. The summed E-state index contributed by atoms with van der Waals surface area (Å²) in [5.74, 6) is 1.70. The van der Waals surface area contributed by atoms with Crippen molar-refractivity contribution in [1.29, 1.82) is 0 Å². The van der Waals surface area contributed by atoms with Crippen molar-refractivity contribution in [1.82, 2.24) is 20.0 Å². The van der Waals surface area contributed by atoms with E-state index in [1.165, 1.54) is 25.7 Å². The molecule has 2 heterocycles. The van der Waals surface area contributed by atoms with Crippen LogP contribution in [-0.2, 0) is 6.42 Å². The second-order valence-corrected chi connectivity index (χ2v) is 9.47. The van der Waals surface area contributed by atoms with Gasteiger partial charge in [-0.05, 0) is 56.0 Å². The fourth-order valence-electron chi connectivity index (χ4n) is 4.37. The van der Waals surface area contributed by atoms with Crippen molar-refractivity contribution < 1.29 is 4.42 Å². The normalized spacial score (nSPS) is 14.4. The van der Waals surface area contributed by atoms with Gasteiger partial charge >= 0.3 is 0 Å². The van der Waals surface area contributed by atoms with Gasteiger partial charge in [-0.25, -0.2) is 4.68 Å². The second-order valence-electron chi connectivity index (χ2n) is 8.19. The quantitative estimate of drug-likeness (QED) is 0.291. The minimum absolute atomic E-state index is 0.412. The number of hydrogen-bond acceptors (Lipinski definition) is 4. The van der Waals surface area contributed by atoms with Gasteiger partial charge in [-0.15, -0.1) is 10.2 Å². The average molecular weight is 488 g/mol. The van der Waals surface area contributed by atoms with Crippen molar-refractivity contribution in [2.75, 3.05) is 0 Å². The predicted molar refractivity (Wildman–Crippen MR) is 128 cm³/mol. The van der Waals surface area contributed by atoms with Crippen molar-refractivity contribution in [3.8, 4) is 28.5 Å². The Morgan fingerprint density at radius 3 is 2.41 bits per heavy atom. The molecule has 32 heavy (non-hydrogen) atoms. The van der Waals surface area contributed by atoms with Crippen LogP contribution >= 0.6 is 34.8 Å². The molecule has 5 nitrogen and oxygen atoms in total. The highest BCUT2D eigenvalue weighted by Gasteiger charge is 2.25. The molecule has 8 heteroatoms.